The van der Waals surface area contributed by atoms with E-state index in [9.17, 15) is 13.6 Å². The van der Waals surface area contributed by atoms with Gasteiger partial charge in [-0.2, -0.15) is 0 Å². The number of ether oxygens (including phenoxy) is 1. The average molecular weight is 272 g/mol. The molecule has 0 heterocycles. The van der Waals surface area contributed by atoms with E-state index in [0.717, 1.165) is 12.1 Å². The minimum Gasteiger partial charge on any atom is -0.468 e. The van der Waals surface area contributed by atoms with Gasteiger partial charge < -0.3 is 9.64 Å². The Labute approximate surface area is 111 Å². The summed E-state index contributed by atoms with van der Waals surface area (Å²) in [5, 5.41) is 2.96. The highest BCUT2D eigenvalue weighted by atomic mass is 19.2. The molecular weight excluding hydrogens is 254 g/mol. The zero-order chi connectivity index (χ0) is 14.4. The van der Waals surface area contributed by atoms with Crippen LogP contribution >= 0.6 is 0 Å². The predicted molar refractivity (Wildman–Crippen MR) is 67.7 cm³/mol. The molecule has 1 atom stereocenters. The lowest BCUT2D eigenvalue weighted by molar-refractivity contribution is -0.143. The highest BCUT2D eigenvalue weighted by molar-refractivity contribution is 5.77. The average Bonchev–Trinajstić information content (AvgIpc) is 2.37. The highest BCUT2D eigenvalue weighted by Gasteiger charge is 2.21. The van der Waals surface area contributed by atoms with Gasteiger partial charge in [0.2, 0.25) is 0 Å². The quantitative estimate of drug-likeness (QED) is 0.793. The molecule has 0 saturated heterocycles. The molecule has 0 aliphatic heterocycles. The summed E-state index contributed by atoms with van der Waals surface area (Å²) in [6.45, 7) is 1.23. The van der Waals surface area contributed by atoms with E-state index in [0.29, 0.717) is 18.7 Å². The van der Waals surface area contributed by atoms with Gasteiger partial charge >= 0.3 is 5.97 Å². The highest BCUT2D eigenvalue weighted by Crippen LogP contribution is 2.17. The number of methoxy groups -OCH3 is 1. The van der Waals surface area contributed by atoms with Gasteiger partial charge in [0.15, 0.2) is 11.6 Å². The number of carbonyl (C=O) groups excluding carboxylic acids is 1. The largest absolute Gasteiger partial charge is 0.468 e. The number of halogens is 2. The van der Waals surface area contributed by atoms with Crippen molar-refractivity contribution in [2.45, 2.75) is 6.04 Å². The molecule has 0 amide bonds. The summed E-state index contributed by atoms with van der Waals surface area (Å²) in [6.07, 6.45) is 0. The fourth-order valence-corrected chi connectivity index (χ4v) is 1.58. The zero-order valence-electron chi connectivity index (χ0n) is 11.2. The number of nitrogens with one attached hydrogen (secondary N) is 1. The van der Waals surface area contributed by atoms with E-state index in [-0.39, 0.29) is 0 Å². The van der Waals surface area contributed by atoms with E-state index in [1.165, 1.54) is 13.2 Å². The molecule has 1 unspecified atom stereocenters. The predicted octanol–water partition coefficient (Wildman–Crippen LogP) is 1.33. The van der Waals surface area contributed by atoms with Gasteiger partial charge in [-0.05, 0) is 31.8 Å². The zero-order valence-corrected chi connectivity index (χ0v) is 11.2. The van der Waals surface area contributed by atoms with Gasteiger partial charge in [-0.1, -0.05) is 6.07 Å². The van der Waals surface area contributed by atoms with E-state index in [4.69, 9.17) is 0 Å². The summed E-state index contributed by atoms with van der Waals surface area (Å²) in [5.74, 6) is -2.47. The molecule has 6 heteroatoms. The first-order valence-corrected chi connectivity index (χ1v) is 5.86. The first kappa shape index (κ1) is 15.5. The van der Waals surface area contributed by atoms with Crippen LogP contribution in [-0.2, 0) is 9.53 Å². The van der Waals surface area contributed by atoms with Crippen molar-refractivity contribution < 1.29 is 18.3 Å². The second-order valence-electron chi connectivity index (χ2n) is 4.39. The molecule has 0 aliphatic rings. The van der Waals surface area contributed by atoms with Gasteiger partial charge in [0.25, 0.3) is 0 Å². The Hall–Kier alpha value is -1.53. The second-order valence-corrected chi connectivity index (χ2v) is 4.39. The molecule has 0 aromatic heterocycles. The third-order valence-electron chi connectivity index (χ3n) is 2.62. The number of carbonyl (C=O) groups is 1. The third-order valence-corrected chi connectivity index (χ3v) is 2.62. The molecule has 0 spiro atoms. The lowest BCUT2D eigenvalue weighted by Crippen LogP contribution is -2.34. The Balaban J connectivity index is 2.83. The molecular formula is C13H18F2N2O2. The van der Waals surface area contributed by atoms with Gasteiger partial charge in [-0.25, -0.2) is 13.6 Å². The number of hydrogen-bond donors (Lipinski definition) is 1. The Bertz CT molecular complexity index is 439. The summed E-state index contributed by atoms with van der Waals surface area (Å²) in [5.41, 5.74) is 0.338. The van der Waals surface area contributed by atoms with Crippen molar-refractivity contribution in [3.05, 3.63) is 35.4 Å². The first-order valence-electron chi connectivity index (χ1n) is 5.86. The maximum Gasteiger partial charge on any atom is 0.327 e. The van der Waals surface area contributed by atoms with Crippen LogP contribution in [0.15, 0.2) is 18.2 Å². The van der Waals surface area contributed by atoms with Crippen LogP contribution in [0.5, 0.6) is 0 Å². The summed E-state index contributed by atoms with van der Waals surface area (Å²) < 4.78 is 30.7. The lowest BCUT2D eigenvalue weighted by atomic mass is 10.1. The summed E-state index contributed by atoms with van der Waals surface area (Å²) >= 11 is 0. The topological polar surface area (TPSA) is 41.6 Å². The maximum absolute atomic E-state index is 13.2. The van der Waals surface area contributed by atoms with Crippen molar-refractivity contribution >= 4 is 5.97 Å². The minimum absolute atomic E-state index is 0.338. The summed E-state index contributed by atoms with van der Waals surface area (Å²) in [4.78, 5) is 13.6. The van der Waals surface area contributed by atoms with E-state index in [2.05, 4.69) is 10.1 Å². The monoisotopic (exact) mass is 272 g/mol. The van der Waals surface area contributed by atoms with Crippen LogP contribution < -0.4 is 5.32 Å². The van der Waals surface area contributed by atoms with Crippen molar-refractivity contribution in [2.24, 2.45) is 0 Å². The van der Waals surface area contributed by atoms with E-state index in [1.807, 2.05) is 19.0 Å². The molecule has 1 aromatic carbocycles. The summed E-state index contributed by atoms with van der Waals surface area (Å²) in [6, 6.07) is 2.55. The lowest BCUT2D eigenvalue weighted by Gasteiger charge is -2.18. The third kappa shape index (κ3) is 4.57. The molecule has 106 valence electrons. The van der Waals surface area contributed by atoms with Gasteiger partial charge in [-0.3, -0.25) is 5.32 Å². The minimum atomic E-state index is -0.985. The SMILES string of the molecule is COC(=O)C(NCCN(C)C)c1ccc(F)c(F)c1. The number of benzene rings is 1. The Morgan fingerprint density at radius 2 is 2.05 bits per heavy atom. The van der Waals surface area contributed by atoms with Gasteiger partial charge in [0, 0.05) is 13.1 Å². The first-order chi connectivity index (χ1) is 8.95. The smallest absolute Gasteiger partial charge is 0.327 e. The van der Waals surface area contributed by atoms with Crippen LogP contribution in [0.1, 0.15) is 11.6 Å². The standard InChI is InChI=1S/C13H18F2N2O2/c1-17(2)7-6-16-12(13(18)19-3)9-4-5-10(14)11(15)8-9/h4-5,8,12,16H,6-7H2,1-3H3. The number of likely N-dealkylation sites (N-methyl/N-ethyl adjacent to an activating group) is 1. The van der Waals surface area contributed by atoms with E-state index in [1.54, 1.807) is 0 Å². The molecule has 1 aromatic rings. The van der Waals surface area contributed by atoms with Crippen LogP contribution in [0, 0.1) is 11.6 Å². The van der Waals surface area contributed by atoms with E-state index < -0.39 is 23.6 Å². The van der Waals surface area contributed by atoms with Gasteiger partial charge in [0.1, 0.15) is 6.04 Å². The molecule has 0 saturated carbocycles. The van der Waals surface area contributed by atoms with Crippen molar-refractivity contribution in [3.8, 4) is 0 Å². The van der Waals surface area contributed by atoms with Gasteiger partial charge in [-0.15, -0.1) is 0 Å². The number of hydrogen-bond acceptors (Lipinski definition) is 4. The van der Waals surface area contributed by atoms with Crippen molar-refractivity contribution in [3.63, 3.8) is 0 Å². The Morgan fingerprint density at radius 3 is 2.58 bits per heavy atom. The maximum atomic E-state index is 13.2. The number of nitrogens with zero attached hydrogens (tertiary/aromatic N) is 1. The van der Waals surface area contributed by atoms with Crippen molar-refractivity contribution in [2.75, 3.05) is 34.3 Å². The molecule has 19 heavy (non-hydrogen) atoms. The molecule has 1 rings (SSSR count). The van der Waals surface area contributed by atoms with Crippen LogP contribution in [0.25, 0.3) is 0 Å². The second kappa shape index (κ2) is 7.16. The van der Waals surface area contributed by atoms with Crippen LogP contribution in [-0.4, -0.2) is 45.2 Å². The van der Waals surface area contributed by atoms with Gasteiger partial charge in [0.05, 0.1) is 7.11 Å². The Morgan fingerprint density at radius 1 is 1.37 bits per heavy atom. The normalized spacial score (nSPS) is 12.5. The molecule has 0 bridgehead atoms. The fraction of sp³-hybridized carbons (Fsp3) is 0.462. The number of esters is 1. The van der Waals surface area contributed by atoms with Crippen LogP contribution in [0.4, 0.5) is 8.78 Å². The Kier molecular flexibility index (Phi) is 5.85. The van der Waals surface area contributed by atoms with E-state index >= 15 is 0 Å². The molecule has 4 nitrogen and oxygen atoms in total. The molecule has 1 N–H and O–H groups in total. The van der Waals surface area contributed by atoms with Crippen molar-refractivity contribution in [1.82, 2.24) is 10.2 Å². The van der Waals surface area contributed by atoms with Crippen LogP contribution in [0.2, 0.25) is 0 Å². The molecule has 0 radical (unpaired) electrons. The van der Waals surface area contributed by atoms with Crippen LogP contribution in [0.3, 0.4) is 0 Å². The molecule has 0 fully saturated rings. The fourth-order valence-electron chi connectivity index (χ4n) is 1.58. The molecule has 0 aliphatic carbocycles. The van der Waals surface area contributed by atoms with Crippen molar-refractivity contribution in [1.29, 1.82) is 0 Å². The number of rotatable bonds is 6. The summed E-state index contributed by atoms with van der Waals surface area (Å²) in [7, 11) is 5.04.